The van der Waals surface area contributed by atoms with Crippen LogP contribution in [0, 0.1) is 11.8 Å². The summed E-state index contributed by atoms with van der Waals surface area (Å²) in [6, 6.07) is 9.42. The van der Waals surface area contributed by atoms with Crippen molar-refractivity contribution in [1.29, 1.82) is 0 Å². The minimum atomic E-state index is -0.655. The van der Waals surface area contributed by atoms with E-state index in [1.807, 2.05) is 35.2 Å². The molecule has 1 aliphatic heterocycles. The average Bonchev–Trinajstić information content (AvgIpc) is 3.22. The predicted octanol–water partition coefficient (Wildman–Crippen LogP) is 3.08. The van der Waals surface area contributed by atoms with Gasteiger partial charge in [-0.05, 0) is 36.8 Å². The van der Waals surface area contributed by atoms with Gasteiger partial charge in [-0.3, -0.25) is 4.79 Å². The van der Waals surface area contributed by atoms with Crippen LogP contribution in [0.15, 0.2) is 36.5 Å². The molecule has 7 nitrogen and oxygen atoms in total. The smallest absolute Gasteiger partial charge is 0.363 e. The van der Waals surface area contributed by atoms with E-state index in [9.17, 15) is 9.59 Å². The van der Waals surface area contributed by atoms with Crippen LogP contribution in [0.1, 0.15) is 42.6 Å². The SMILES string of the molecule is COc1cn(-c2ccccc2)nc1C(=O)OCC(=O)N1CC[C@@H]2CCCC[C@@H]2C1. The van der Waals surface area contributed by atoms with E-state index in [1.165, 1.54) is 32.8 Å². The molecule has 1 amide bonds. The second-order valence-electron chi connectivity index (χ2n) is 7.84. The monoisotopic (exact) mass is 397 g/mol. The molecule has 1 saturated heterocycles. The fourth-order valence-corrected chi connectivity index (χ4v) is 4.48. The summed E-state index contributed by atoms with van der Waals surface area (Å²) in [6.07, 6.45) is 7.72. The van der Waals surface area contributed by atoms with Crippen LogP contribution in [0.5, 0.6) is 5.75 Å². The zero-order valence-electron chi connectivity index (χ0n) is 16.8. The van der Waals surface area contributed by atoms with E-state index in [0.717, 1.165) is 31.1 Å². The standard InChI is InChI=1S/C22H27N3O4/c1-28-19-14-25(18-9-3-2-4-10-18)23-21(19)22(27)29-15-20(26)24-12-11-16-7-5-6-8-17(16)13-24/h2-4,9-10,14,16-17H,5-8,11-13,15H2,1H3/t16-,17+/m0/s1. The molecule has 0 radical (unpaired) electrons. The fourth-order valence-electron chi connectivity index (χ4n) is 4.48. The van der Waals surface area contributed by atoms with Crippen LogP contribution in [0.2, 0.25) is 0 Å². The van der Waals surface area contributed by atoms with Gasteiger partial charge in [0.2, 0.25) is 5.69 Å². The first-order valence-corrected chi connectivity index (χ1v) is 10.3. The molecule has 2 aromatic rings. The molecule has 0 spiro atoms. The van der Waals surface area contributed by atoms with Crippen LogP contribution in [0.3, 0.4) is 0 Å². The summed E-state index contributed by atoms with van der Waals surface area (Å²) in [5.74, 6) is 0.871. The van der Waals surface area contributed by atoms with Gasteiger partial charge in [-0.2, -0.15) is 5.10 Å². The normalized spacial score (nSPS) is 21.3. The molecule has 7 heteroatoms. The summed E-state index contributed by atoms with van der Waals surface area (Å²) in [5.41, 5.74) is 0.867. The topological polar surface area (TPSA) is 73.7 Å². The maximum absolute atomic E-state index is 12.6. The number of fused-ring (bicyclic) bond motifs is 1. The van der Waals surface area contributed by atoms with Crippen molar-refractivity contribution in [3.05, 3.63) is 42.2 Å². The Kier molecular flexibility index (Phi) is 5.83. The number of carbonyl (C=O) groups is 2. The number of rotatable bonds is 5. The summed E-state index contributed by atoms with van der Waals surface area (Å²) >= 11 is 0. The van der Waals surface area contributed by atoms with Crippen molar-refractivity contribution in [2.24, 2.45) is 11.8 Å². The third-order valence-corrected chi connectivity index (χ3v) is 6.09. The Labute approximate surface area is 170 Å². The molecule has 2 heterocycles. The second kappa shape index (κ2) is 8.68. The quantitative estimate of drug-likeness (QED) is 0.725. The number of hydrogen-bond donors (Lipinski definition) is 0. The Balaban J connectivity index is 1.37. The van der Waals surface area contributed by atoms with Gasteiger partial charge in [0.05, 0.1) is 19.0 Å². The molecule has 2 atom stereocenters. The van der Waals surface area contributed by atoms with Crippen molar-refractivity contribution in [2.45, 2.75) is 32.1 Å². The number of piperidine rings is 1. The van der Waals surface area contributed by atoms with E-state index in [0.29, 0.717) is 11.7 Å². The van der Waals surface area contributed by atoms with Crippen molar-refractivity contribution < 1.29 is 19.1 Å². The molecular weight excluding hydrogens is 370 g/mol. The molecule has 4 rings (SSSR count). The maximum Gasteiger partial charge on any atom is 0.363 e. The number of aromatic nitrogens is 2. The van der Waals surface area contributed by atoms with Gasteiger partial charge in [-0.15, -0.1) is 0 Å². The zero-order chi connectivity index (χ0) is 20.2. The van der Waals surface area contributed by atoms with Gasteiger partial charge >= 0.3 is 5.97 Å². The number of methoxy groups -OCH3 is 1. The molecule has 29 heavy (non-hydrogen) atoms. The highest BCUT2D eigenvalue weighted by Gasteiger charge is 2.33. The van der Waals surface area contributed by atoms with Gasteiger partial charge in [0.1, 0.15) is 0 Å². The molecule has 1 saturated carbocycles. The predicted molar refractivity (Wildman–Crippen MR) is 107 cm³/mol. The van der Waals surface area contributed by atoms with Crippen molar-refractivity contribution in [1.82, 2.24) is 14.7 Å². The number of benzene rings is 1. The number of carbonyl (C=O) groups excluding carboxylic acids is 2. The van der Waals surface area contributed by atoms with Crippen LogP contribution < -0.4 is 4.74 Å². The molecule has 0 bridgehead atoms. The van der Waals surface area contributed by atoms with Gasteiger partial charge in [0, 0.05) is 13.1 Å². The lowest BCUT2D eigenvalue weighted by molar-refractivity contribution is -0.137. The Bertz CT molecular complexity index is 864. The summed E-state index contributed by atoms with van der Waals surface area (Å²) in [6.45, 7) is 1.27. The van der Waals surface area contributed by atoms with E-state index in [-0.39, 0.29) is 18.2 Å². The second-order valence-corrected chi connectivity index (χ2v) is 7.84. The highest BCUT2D eigenvalue weighted by molar-refractivity contribution is 5.92. The van der Waals surface area contributed by atoms with Gasteiger partial charge in [-0.1, -0.05) is 37.5 Å². The third-order valence-electron chi connectivity index (χ3n) is 6.09. The maximum atomic E-state index is 12.6. The van der Waals surface area contributed by atoms with E-state index < -0.39 is 5.97 Å². The molecular formula is C22H27N3O4. The summed E-state index contributed by atoms with van der Waals surface area (Å²) in [4.78, 5) is 27.0. The Hall–Kier alpha value is -2.83. The lowest BCUT2D eigenvalue weighted by atomic mass is 9.75. The van der Waals surface area contributed by atoms with E-state index in [2.05, 4.69) is 5.10 Å². The average molecular weight is 397 g/mol. The van der Waals surface area contributed by atoms with Gasteiger partial charge in [0.15, 0.2) is 12.4 Å². The first-order chi connectivity index (χ1) is 14.2. The molecule has 2 aliphatic rings. The molecule has 0 unspecified atom stereocenters. The summed E-state index contributed by atoms with van der Waals surface area (Å²) in [7, 11) is 1.47. The van der Waals surface area contributed by atoms with Gasteiger partial charge in [0.25, 0.3) is 5.91 Å². The highest BCUT2D eigenvalue weighted by atomic mass is 16.5. The molecule has 1 aromatic carbocycles. The number of esters is 1. The number of para-hydroxylation sites is 1. The highest BCUT2D eigenvalue weighted by Crippen LogP contribution is 2.36. The summed E-state index contributed by atoms with van der Waals surface area (Å²) < 4.78 is 12.1. The fraction of sp³-hybridized carbons (Fsp3) is 0.500. The molecule has 2 fully saturated rings. The third kappa shape index (κ3) is 4.28. The van der Waals surface area contributed by atoms with E-state index in [4.69, 9.17) is 9.47 Å². The minimum absolute atomic E-state index is 0.0649. The Morgan fingerprint density at radius 1 is 1.10 bits per heavy atom. The molecule has 0 N–H and O–H groups in total. The number of nitrogens with zero attached hydrogens (tertiary/aromatic N) is 3. The number of hydrogen-bond acceptors (Lipinski definition) is 5. The zero-order valence-corrected chi connectivity index (χ0v) is 16.8. The summed E-state index contributed by atoms with van der Waals surface area (Å²) in [5, 5.41) is 4.29. The molecule has 1 aliphatic carbocycles. The minimum Gasteiger partial charge on any atom is -0.493 e. The van der Waals surface area contributed by atoms with Crippen LogP contribution in [-0.2, 0) is 9.53 Å². The van der Waals surface area contributed by atoms with Crippen LogP contribution in [0.25, 0.3) is 5.69 Å². The van der Waals surface area contributed by atoms with Crippen LogP contribution in [-0.4, -0.2) is 53.4 Å². The Morgan fingerprint density at radius 3 is 2.62 bits per heavy atom. The largest absolute Gasteiger partial charge is 0.493 e. The lowest BCUT2D eigenvalue weighted by Crippen LogP contribution is -2.46. The first kappa shape index (κ1) is 19.5. The van der Waals surface area contributed by atoms with Crippen molar-refractivity contribution in [3.8, 4) is 11.4 Å². The van der Waals surface area contributed by atoms with Gasteiger partial charge in [-0.25, -0.2) is 9.48 Å². The Morgan fingerprint density at radius 2 is 1.86 bits per heavy atom. The van der Waals surface area contributed by atoms with Crippen LogP contribution >= 0.6 is 0 Å². The van der Waals surface area contributed by atoms with Crippen molar-refractivity contribution >= 4 is 11.9 Å². The number of ether oxygens (including phenoxy) is 2. The first-order valence-electron chi connectivity index (χ1n) is 10.3. The lowest BCUT2D eigenvalue weighted by Gasteiger charge is -2.41. The number of likely N-dealkylation sites (tertiary alicyclic amines) is 1. The van der Waals surface area contributed by atoms with Crippen molar-refractivity contribution in [3.63, 3.8) is 0 Å². The van der Waals surface area contributed by atoms with Crippen molar-refractivity contribution in [2.75, 3.05) is 26.8 Å². The molecule has 154 valence electrons. The molecule has 1 aromatic heterocycles. The van der Waals surface area contributed by atoms with E-state index >= 15 is 0 Å². The van der Waals surface area contributed by atoms with Gasteiger partial charge < -0.3 is 14.4 Å². The van der Waals surface area contributed by atoms with Crippen LogP contribution in [0.4, 0.5) is 0 Å². The number of amides is 1. The van der Waals surface area contributed by atoms with E-state index in [1.54, 1.807) is 10.9 Å².